The molecule has 27 heavy (non-hydrogen) atoms. The van der Waals surface area contributed by atoms with Crippen LogP contribution in [0.25, 0.3) is 11.0 Å². The van der Waals surface area contributed by atoms with Crippen molar-refractivity contribution < 1.29 is 9.53 Å². The smallest absolute Gasteiger partial charge is 0.227 e. The average Bonchev–Trinajstić information content (AvgIpc) is 3.05. The number of hydrogen-bond acceptors (Lipinski definition) is 4. The normalized spacial score (nSPS) is 17.3. The van der Waals surface area contributed by atoms with Gasteiger partial charge in [0.1, 0.15) is 5.75 Å². The zero-order valence-corrected chi connectivity index (χ0v) is 15.8. The number of ether oxygens (including phenoxy) is 1. The van der Waals surface area contributed by atoms with Crippen LogP contribution in [-0.4, -0.2) is 45.8 Å². The minimum absolute atomic E-state index is 0.159. The second-order valence-electron chi connectivity index (χ2n) is 7.09. The van der Waals surface area contributed by atoms with Gasteiger partial charge in [0.2, 0.25) is 5.91 Å². The molecule has 0 unspecified atom stereocenters. The number of piperidine rings is 1. The van der Waals surface area contributed by atoms with Gasteiger partial charge in [-0.3, -0.25) is 9.48 Å². The number of pyridine rings is 1. The van der Waals surface area contributed by atoms with E-state index in [1.807, 2.05) is 47.0 Å². The third-order valence-corrected chi connectivity index (χ3v) is 5.28. The molecule has 1 aliphatic rings. The van der Waals surface area contributed by atoms with E-state index in [0.29, 0.717) is 13.0 Å². The van der Waals surface area contributed by atoms with E-state index in [0.717, 1.165) is 47.4 Å². The zero-order chi connectivity index (χ0) is 18.8. The summed E-state index contributed by atoms with van der Waals surface area (Å²) < 4.78 is 7.09. The number of hydrogen-bond donors (Lipinski definition) is 0. The molecule has 1 amide bonds. The Bertz CT molecular complexity index is 966. The molecule has 0 radical (unpaired) electrons. The maximum atomic E-state index is 12.9. The van der Waals surface area contributed by atoms with Gasteiger partial charge in [0.25, 0.3) is 0 Å². The number of nitrogens with zero attached hydrogens (tertiary/aromatic N) is 4. The van der Waals surface area contributed by atoms with Gasteiger partial charge in [-0.15, -0.1) is 0 Å². The Kier molecular flexibility index (Phi) is 4.79. The van der Waals surface area contributed by atoms with Gasteiger partial charge in [-0.1, -0.05) is 12.1 Å². The standard InChI is InChI=1S/C21H24N4O2/c1-24-21-18(9-4-10-22-21)20(23-24)16-7-5-11-25(14-16)19(26)13-15-6-3-8-17(12-15)27-2/h3-4,6,8-10,12,16H,5,7,11,13-14H2,1-2H3/t16-/m0/s1. The van der Waals surface area contributed by atoms with E-state index in [1.54, 1.807) is 13.3 Å². The zero-order valence-electron chi connectivity index (χ0n) is 15.8. The molecule has 0 saturated carbocycles. The summed E-state index contributed by atoms with van der Waals surface area (Å²) in [6.07, 6.45) is 4.23. The van der Waals surface area contributed by atoms with Gasteiger partial charge < -0.3 is 9.64 Å². The Morgan fingerprint density at radius 2 is 2.19 bits per heavy atom. The fourth-order valence-corrected chi connectivity index (χ4v) is 3.91. The van der Waals surface area contributed by atoms with Gasteiger partial charge in [0, 0.05) is 37.6 Å². The number of methoxy groups -OCH3 is 1. The van der Waals surface area contributed by atoms with Crippen molar-refractivity contribution in [2.24, 2.45) is 7.05 Å². The van der Waals surface area contributed by atoms with Crippen LogP contribution in [0.4, 0.5) is 0 Å². The second kappa shape index (κ2) is 7.39. The van der Waals surface area contributed by atoms with E-state index in [1.165, 1.54) is 0 Å². The minimum atomic E-state index is 0.159. The number of amides is 1. The molecule has 3 heterocycles. The van der Waals surface area contributed by atoms with Gasteiger partial charge in [-0.05, 0) is 42.7 Å². The van der Waals surface area contributed by atoms with Gasteiger partial charge >= 0.3 is 0 Å². The summed E-state index contributed by atoms with van der Waals surface area (Å²) in [6, 6.07) is 11.7. The number of fused-ring (bicyclic) bond motifs is 1. The molecule has 6 heteroatoms. The monoisotopic (exact) mass is 364 g/mol. The number of likely N-dealkylation sites (tertiary alicyclic amines) is 1. The first-order chi connectivity index (χ1) is 13.2. The lowest BCUT2D eigenvalue weighted by Gasteiger charge is -2.32. The van der Waals surface area contributed by atoms with Gasteiger partial charge in [0.05, 0.1) is 19.2 Å². The van der Waals surface area contributed by atoms with Gasteiger partial charge in [-0.25, -0.2) is 4.98 Å². The number of aromatic nitrogens is 3. The largest absolute Gasteiger partial charge is 0.497 e. The maximum absolute atomic E-state index is 12.9. The fraction of sp³-hybridized carbons (Fsp3) is 0.381. The Labute approximate surface area is 158 Å². The van der Waals surface area contributed by atoms with Crippen molar-refractivity contribution in [3.05, 3.63) is 53.9 Å². The highest BCUT2D eigenvalue weighted by molar-refractivity contribution is 5.80. The number of aryl methyl sites for hydroxylation is 1. The van der Waals surface area contributed by atoms with Crippen LogP contribution >= 0.6 is 0 Å². The van der Waals surface area contributed by atoms with E-state index in [9.17, 15) is 4.79 Å². The molecule has 1 saturated heterocycles. The van der Waals surface area contributed by atoms with E-state index in [2.05, 4.69) is 11.1 Å². The fourth-order valence-electron chi connectivity index (χ4n) is 3.91. The lowest BCUT2D eigenvalue weighted by Crippen LogP contribution is -2.40. The predicted molar refractivity (Wildman–Crippen MR) is 104 cm³/mol. The summed E-state index contributed by atoms with van der Waals surface area (Å²) in [6.45, 7) is 1.52. The number of benzene rings is 1. The molecule has 140 valence electrons. The van der Waals surface area contributed by atoms with Crippen molar-refractivity contribution in [3.63, 3.8) is 0 Å². The van der Waals surface area contributed by atoms with Gasteiger partial charge in [0.15, 0.2) is 5.65 Å². The SMILES string of the molecule is COc1cccc(CC(=O)N2CCC[C@H](c3nn(C)c4ncccc34)C2)c1. The van der Waals surface area contributed by atoms with Crippen LogP contribution in [0.3, 0.4) is 0 Å². The van der Waals surface area contributed by atoms with E-state index < -0.39 is 0 Å². The molecule has 1 aliphatic heterocycles. The molecule has 0 aliphatic carbocycles. The van der Waals surface area contributed by atoms with Crippen LogP contribution in [0.5, 0.6) is 5.75 Å². The molecule has 1 aromatic carbocycles. The van der Waals surface area contributed by atoms with Crippen molar-refractivity contribution >= 4 is 16.9 Å². The third-order valence-electron chi connectivity index (χ3n) is 5.28. The van der Waals surface area contributed by atoms with Crippen molar-refractivity contribution in [2.45, 2.75) is 25.2 Å². The Morgan fingerprint density at radius 3 is 3.04 bits per heavy atom. The average molecular weight is 364 g/mol. The number of rotatable bonds is 4. The number of carbonyl (C=O) groups is 1. The van der Waals surface area contributed by atoms with Crippen molar-refractivity contribution in [1.82, 2.24) is 19.7 Å². The molecule has 1 fully saturated rings. The molecule has 0 bridgehead atoms. The van der Waals surface area contributed by atoms with Crippen LogP contribution in [0.2, 0.25) is 0 Å². The predicted octanol–water partition coefficient (Wildman–Crippen LogP) is 2.93. The highest BCUT2D eigenvalue weighted by atomic mass is 16.5. The van der Waals surface area contributed by atoms with Crippen molar-refractivity contribution in [1.29, 1.82) is 0 Å². The molecule has 2 aromatic heterocycles. The van der Waals surface area contributed by atoms with E-state index in [-0.39, 0.29) is 11.8 Å². The topological polar surface area (TPSA) is 60.2 Å². The summed E-state index contributed by atoms with van der Waals surface area (Å²) in [5, 5.41) is 5.80. The summed E-state index contributed by atoms with van der Waals surface area (Å²) in [5.41, 5.74) is 2.93. The third kappa shape index (κ3) is 3.52. The Morgan fingerprint density at radius 1 is 1.30 bits per heavy atom. The van der Waals surface area contributed by atoms with Crippen molar-refractivity contribution in [2.75, 3.05) is 20.2 Å². The Hall–Kier alpha value is -2.89. The molecule has 0 N–H and O–H groups in total. The molecule has 0 spiro atoms. The first-order valence-electron chi connectivity index (χ1n) is 9.34. The van der Waals surface area contributed by atoms with E-state index in [4.69, 9.17) is 9.84 Å². The van der Waals surface area contributed by atoms with Crippen LogP contribution < -0.4 is 4.74 Å². The molecular weight excluding hydrogens is 340 g/mol. The lowest BCUT2D eigenvalue weighted by molar-refractivity contribution is -0.131. The summed E-state index contributed by atoms with van der Waals surface area (Å²) >= 11 is 0. The maximum Gasteiger partial charge on any atom is 0.227 e. The molecule has 6 nitrogen and oxygen atoms in total. The highest BCUT2D eigenvalue weighted by Crippen LogP contribution is 2.31. The first kappa shape index (κ1) is 17.5. The van der Waals surface area contributed by atoms with Crippen molar-refractivity contribution in [3.8, 4) is 5.75 Å². The van der Waals surface area contributed by atoms with Crippen LogP contribution in [0.15, 0.2) is 42.6 Å². The molecule has 4 rings (SSSR count). The highest BCUT2D eigenvalue weighted by Gasteiger charge is 2.28. The lowest BCUT2D eigenvalue weighted by atomic mass is 9.93. The summed E-state index contributed by atoms with van der Waals surface area (Å²) in [5.74, 6) is 1.19. The second-order valence-corrected chi connectivity index (χ2v) is 7.09. The van der Waals surface area contributed by atoms with E-state index >= 15 is 0 Å². The first-order valence-corrected chi connectivity index (χ1v) is 9.34. The molecule has 3 aromatic rings. The number of carbonyl (C=O) groups excluding carboxylic acids is 1. The molecule has 1 atom stereocenters. The summed E-state index contributed by atoms with van der Waals surface area (Å²) in [4.78, 5) is 19.3. The Balaban J connectivity index is 1.51. The minimum Gasteiger partial charge on any atom is -0.497 e. The van der Waals surface area contributed by atoms with Crippen LogP contribution in [0, 0.1) is 0 Å². The quantitative estimate of drug-likeness (QED) is 0.714. The van der Waals surface area contributed by atoms with Crippen LogP contribution in [-0.2, 0) is 18.3 Å². The van der Waals surface area contributed by atoms with Crippen LogP contribution in [0.1, 0.15) is 30.0 Å². The summed E-state index contributed by atoms with van der Waals surface area (Å²) in [7, 11) is 3.57. The van der Waals surface area contributed by atoms with Gasteiger partial charge in [-0.2, -0.15) is 5.10 Å². The molecular formula is C21H24N4O2.